The van der Waals surface area contributed by atoms with E-state index < -0.39 is 21.8 Å². The molecule has 0 spiro atoms. The predicted molar refractivity (Wildman–Crippen MR) is 99.5 cm³/mol. The van der Waals surface area contributed by atoms with E-state index >= 15 is 0 Å². The van der Waals surface area contributed by atoms with Gasteiger partial charge in [0.1, 0.15) is 0 Å². The van der Waals surface area contributed by atoms with Gasteiger partial charge in [-0.1, -0.05) is 12.1 Å². The first kappa shape index (κ1) is 19.4. The Balaban J connectivity index is 2.20. The van der Waals surface area contributed by atoms with E-state index in [0.717, 1.165) is 0 Å². The zero-order valence-electron chi connectivity index (χ0n) is 14.2. The number of nitrogens with two attached hydrogens (primary N) is 1. The predicted octanol–water partition coefficient (Wildman–Crippen LogP) is 1.81. The lowest BCUT2D eigenvalue weighted by atomic mass is 10.1. The van der Waals surface area contributed by atoms with Gasteiger partial charge >= 0.3 is 0 Å². The lowest BCUT2D eigenvalue weighted by Crippen LogP contribution is -2.23. The molecule has 0 atom stereocenters. The molecule has 0 radical (unpaired) electrons. The average Bonchev–Trinajstić information content (AvgIpc) is 2.61. The monoisotopic (exact) mass is 373 g/mol. The Hall–Kier alpha value is -2.97. The van der Waals surface area contributed by atoms with Gasteiger partial charge in [0.2, 0.25) is 15.9 Å². The fraction of sp³-hybridized carbons (Fsp3) is 0.111. The molecular weight excluding hydrogens is 354 g/mol. The van der Waals surface area contributed by atoms with Crippen LogP contribution in [-0.4, -0.2) is 26.8 Å². The van der Waals surface area contributed by atoms with Crippen molar-refractivity contribution in [3.05, 3.63) is 71.8 Å². The van der Waals surface area contributed by atoms with Gasteiger partial charge in [-0.25, -0.2) is 13.1 Å². The van der Waals surface area contributed by atoms with Gasteiger partial charge in [0.25, 0.3) is 5.91 Å². The van der Waals surface area contributed by atoms with Crippen molar-refractivity contribution in [2.24, 2.45) is 5.73 Å². The molecule has 0 aromatic heterocycles. The largest absolute Gasteiger partial charge is 0.366 e. The summed E-state index contributed by atoms with van der Waals surface area (Å²) in [7, 11) is -3.65. The van der Waals surface area contributed by atoms with E-state index in [2.05, 4.69) is 16.6 Å². The van der Waals surface area contributed by atoms with Crippen LogP contribution < -0.4 is 15.8 Å². The van der Waals surface area contributed by atoms with Crippen molar-refractivity contribution in [2.45, 2.75) is 11.8 Å². The molecule has 2 rings (SSSR count). The molecule has 0 aliphatic heterocycles. The Morgan fingerprint density at radius 1 is 1.15 bits per heavy atom. The molecule has 8 heteroatoms. The molecule has 0 heterocycles. The molecule has 7 nitrogen and oxygen atoms in total. The van der Waals surface area contributed by atoms with Gasteiger partial charge in [-0.2, -0.15) is 0 Å². The van der Waals surface area contributed by atoms with E-state index in [0.29, 0.717) is 16.8 Å². The highest BCUT2D eigenvalue weighted by molar-refractivity contribution is 7.89. The van der Waals surface area contributed by atoms with E-state index in [-0.39, 0.29) is 17.0 Å². The van der Waals surface area contributed by atoms with Crippen molar-refractivity contribution < 1.29 is 18.0 Å². The smallest absolute Gasteiger partial charge is 0.255 e. The van der Waals surface area contributed by atoms with Crippen LogP contribution in [0.5, 0.6) is 0 Å². The maximum absolute atomic E-state index is 12.4. The number of carbonyl (C=O) groups excluding carboxylic acids is 2. The quantitative estimate of drug-likeness (QED) is 0.641. The molecule has 0 aliphatic carbocycles. The summed E-state index contributed by atoms with van der Waals surface area (Å²) in [5.74, 6) is -1.02. The third-order valence-electron chi connectivity index (χ3n) is 3.69. The number of carbonyl (C=O) groups is 2. The van der Waals surface area contributed by atoms with Gasteiger partial charge in [0.15, 0.2) is 0 Å². The number of benzene rings is 2. The van der Waals surface area contributed by atoms with Crippen molar-refractivity contribution in [2.75, 3.05) is 11.9 Å². The highest BCUT2D eigenvalue weighted by Crippen LogP contribution is 2.20. The molecule has 0 aliphatic rings. The number of amides is 2. The minimum Gasteiger partial charge on any atom is -0.366 e. The van der Waals surface area contributed by atoms with Crippen LogP contribution in [0.2, 0.25) is 0 Å². The third-order valence-corrected chi connectivity index (χ3v) is 5.13. The first-order valence-corrected chi connectivity index (χ1v) is 9.16. The number of hydrogen-bond donors (Lipinski definition) is 3. The second kappa shape index (κ2) is 7.94. The number of primary amides is 1. The summed E-state index contributed by atoms with van der Waals surface area (Å²) >= 11 is 0. The zero-order valence-corrected chi connectivity index (χ0v) is 15.0. The van der Waals surface area contributed by atoms with Crippen LogP contribution in [0, 0.1) is 6.92 Å². The second-order valence-corrected chi connectivity index (χ2v) is 7.23. The van der Waals surface area contributed by atoms with Gasteiger partial charge in [0.05, 0.1) is 4.90 Å². The van der Waals surface area contributed by atoms with Gasteiger partial charge in [0, 0.05) is 23.4 Å². The van der Waals surface area contributed by atoms with E-state index in [1.807, 2.05) is 0 Å². The normalized spacial score (nSPS) is 11.0. The number of sulfonamides is 1. The van der Waals surface area contributed by atoms with Gasteiger partial charge in [-0.15, -0.1) is 6.58 Å². The van der Waals surface area contributed by atoms with Crippen LogP contribution in [-0.2, 0) is 10.0 Å². The Kier molecular flexibility index (Phi) is 5.91. The number of hydrogen-bond acceptors (Lipinski definition) is 4. The van der Waals surface area contributed by atoms with Crippen LogP contribution in [0.25, 0.3) is 0 Å². The van der Waals surface area contributed by atoms with Crippen molar-refractivity contribution in [1.82, 2.24) is 4.72 Å². The van der Waals surface area contributed by atoms with Crippen LogP contribution in [0.1, 0.15) is 26.3 Å². The second-order valence-electron chi connectivity index (χ2n) is 5.46. The molecule has 4 N–H and O–H groups in total. The molecule has 0 saturated carbocycles. The minimum atomic E-state index is -3.65. The summed E-state index contributed by atoms with van der Waals surface area (Å²) in [6.45, 7) is 5.24. The maximum atomic E-state index is 12.4. The zero-order chi connectivity index (χ0) is 19.3. The summed E-state index contributed by atoms with van der Waals surface area (Å²) in [6, 6.07) is 10.3. The fourth-order valence-electron chi connectivity index (χ4n) is 2.27. The van der Waals surface area contributed by atoms with Crippen molar-refractivity contribution in [3.63, 3.8) is 0 Å². The highest BCUT2D eigenvalue weighted by Gasteiger charge is 2.15. The molecule has 136 valence electrons. The highest BCUT2D eigenvalue weighted by atomic mass is 32.2. The first-order valence-electron chi connectivity index (χ1n) is 7.67. The maximum Gasteiger partial charge on any atom is 0.255 e. The fourth-order valence-corrected chi connectivity index (χ4v) is 3.27. The van der Waals surface area contributed by atoms with E-state index in [1.165, 1.54) is 30.3 Å². The topological polar surface area (TPSA) is 118 Å². The van der Waals surface area contributed by atoms with Crippen LogP contribution in [0.15, 0.2) is 60.0 Å². The minimum absolute atomic E-state index is 0.0443. The van der Waals surface area contributed by atoms with Gasteiger partial charge in [-0.3, -0.25) is 9.59 Å². The summed E-state index contributed by atoms with van der Waals surface area (Å²) < 4.78 is 26.4. The number of anilines is 1. The van der Waals surface area contributed by atoms with E-state index in [9.17, 15) is 18.0 Å². The average molecular weight is 373 g/mol. The Labute approximate surface area is 152 Å². The SMILES string of the molecule is C=CCNS(=O)(=O)c1ccc(C(=O)Nc2cccc(C(N)=O)c2C)cc1. The van der Waals surface area contributed by atoms with Crippen LogP contribution in [0.3, 0.4) is 0 Å². The van der Waals surface area contributed by atoms with Gasteiger partial charge < -0.3 is 11.1 Å². The molecule has 2 aromatic rings. The molecule has 0 unspecified atom stereocenters. The number of rotatable bonds is 7. The van der Waals surface area contributed by atoms with Crippen molar-refractivity contribution in [3.8, 4) is 0 Å². The van der Waals surface area contributed by atoms with Crippen LogP contribution in [0.4, 0.5) is 5.69 Å². The van der Waals surface area contributed by atoms with Crippen molar-refractivity contribution >= 4 is 27.5 Å². The number of nitrogens with one attached hydrogen (secondary N) is 2. The van der Waals surface area contributed by atoms with Crippen LogP contribution >= 0.6 is 0 Å². The molecule has 2 amide bonds. The van der Waals surface area contributed by atoms with Gasteiger partial charge in [-0.05, 0) is 48.9 Å². The Morgan fingerprint density at radius 3 is 2.38 bits per heavy atom. The third kappa shape index (κ3) is 4.35. The molecule has 0 bridgehead atoms. The lowest BCUT2D eigenvalue weighted by molar-refractivity contribution is 0.0995. The summed E-state index contributed by atoms with van der Waals surface area (Å²) in [5, 5.41) is 2.69. The van der Waals surface area contributed by atoms with E-state index in [1.54, 1.807) is 25.1 Å². The molecule has 0 fully saturated rings. The summed E-state index contributed by atoms with van der Waals surface area (Å²) in [5.41, 5.74) is 6.90. The summed E-state index contributed by atoms with van der Waals surface area (Å²) in [6.07, 6.45) is 1.43. The molecule has 0 saturated heterocycles. The lowest BCUT2D eigenvalue weighted by Gasteiger charge is -2.11. The Bertz CT molecular complexity index is 951. The van der Waals surface area contributed by atoms with E-state index in [4.69, 9.17) is 5.73 Å². The van der Waals surface area contributed by atoms with Crippen molar-refractivity contribution in [1.29, 1.82) is 0 Å². The first-order chi connectivity index (χ1) is 12.3. The summed E-state index contributed by atoms with van der Waals surface area (Å²) in [4.78, 5) is 23.8. The standard InChI is InChI=1S/C18H19N3O4S/c1-3-11-20-26(24,25)14-9-7-13(8-10-14)18(23)21-16-6-4-5-15(12(16)2)17(19)22/h3-10,20H,1,11H2,2H3,(H2,19,22)(H,21,23). The molecule has 26 heavy (non-hydrogen) atoms. The Morgan fingerprint density at radius 2 is 1.81 bits per heavy atom. The molecular formula is C18H19N3O4S. The molecule has 2 aromatic carbocycles.